The van der Waals surface area contributed by atoms with Crippen molar-refractivity contribution in [3.63, 3.8) is 0 Å². The van der Waals surface area contributed by atoms with Gasteiger partial charge in [0.25, 0.3) is 0 Å². The van der Waals surface area contributed by atoms with Gasteiger partial charge in [-0.25, -0.2) is 9.89 Å². The molecular weight excluding hydrogens is 478 g/mol. The van der Waals surface area contributed by atoms with E-state index in [9.17, 15) is 31.1 Å². The molecule has 1 aliphatic rings. The van der Waals surface area contributed by atoms with E-state index >= 15 is 0 Å². The van der Waals surface area contributed by atoms with Crippen LogP contribution in [0.4, 0.5) is 26.3 Å². The molecule has 1 aromatic heterocycles. The fourth-order valence-electron chi connectivity index (χ4n) is 4.33. The van der Waals surface area contributed by atoms with Crippen molar-refractivity contribution in [1.82, 2.24) is 20.1 Å². The predicted molar refractivity (Wildman–Crippen MR) is 113 cm³/mol. The number of nitrogens with one attached hydrogen (secondary N) is 2. The van der Waals surface area contributed by atoms with Gasteiger partial charge >= 0.3 is 18.0 Å². The molecule has 2 heterocycles. The number of halogens is 6. The summed E-state index contributed by atoms with van der Waals surface area (Å²) in [5.74, 6) is 0.407. The van der Waals surface area contributed by atoms with E-state index in [-0.39, 0.29) is 24.2 Å². The maximum absolute atomic E-state index is 13.2. The molecule has 2 aromatic carbocycles. The Balaban J connectivity index is 1.60. The minimum atomic E-state index is -4.93. The van der Waals surface area contributed by atoms with Crippen molar-refractivity contribution in [2.45, 2.75) is 50.5 Å². The largest absolute Gasteiger partial charge is 0.416 e. The van der Waals surface area contributed by atoms with Gasteiger partial charge in [-0.2, -0.15) is 31.4 Å². The summed E-state index contributed by atoms with van der Waals surface area (Å²) in [5.41, 5.74) is -2.55. The molecule has 0 bridgehead atoms. The van der Waals surface area contributed by atoms with E-state index in [2.05, 4.69) is 15.2 Å². The van der Waals surface area contributed by atoms with Crippen molar-refractivity contribution in [1.29, 1.82) is 0 Å². The molecule has 35 heavy (non-hydrogen) atoms. The Bertz CT molecular complexity index is 1160. The summed E-state index contributed by atoms with van der Waals surface area (Å²) in [5, 5.41) is 6.24. The molecule has 6 nitrogen and oxygen atoms in total. The van der Waals surface area contributed by atoms with Gasteiger partial charge in [-0.15, -0.1) is 0 Å². The topological polar surface area (TPSA) is 74.0 Å². The van der Waals surface area contributed by atoms with Gasteiger partial charge in [0.2, 0.25) is 0 Å². The summed E-state index contributed by atoms with van der Waals surface area (Å²) in [6.45, 7) is 0.490. The van der Waals surface area contributed by atoms with Crippen LogP contribution in [0.15, 0.2) is 53.3 Å². The molecule has 0 aliphatic carbocycles. The zero-order valence-electron chi connectivity index (χ0n) is 18.3. The van der Waals surface area contributed by atoms with Crippen molar-refractivity contribution >= 4 is 0 Å². The molecule has 1 fully saturated rings. The maximum atomic E-state index is 13.2. The zero-order chi connectivity index (χ0) is 25.2. The molecule has 3 aromatic rings. The first-order valence-electron chi connectivity index (χ1n) is 10.8. The second kappa shape index (κ2) is 9.86. The van der Waals surface area contributed by atoms with Crippen LogP contribution >= 0.6 is 0 Å². The molecule has 0 amide bonds. The maximum Gasteiger partial charge on any atom is 0.416 e. The second-order valence-electron chi connectivity index (χ2n) is 8.36. The highest BCUT2D eigenvalue weighted by atomic mass is 19.4. The number of hydrogen-bond donors (Lipinski definition) is 2. The lowest BCUT2D eigenvalue weighted by Gasteiger charge is -2.41. The molecule has 2 N–H and O–H groups in total. The average molecular weight is 500 g/mol. The molecule has 1 aliphatic heterocycles. The fourth-order valence-corrected chi connectivity index (χ4v) is 4.33. The predicted octanol–water partition coefficient (Wildman–Crippen LogP) is 5.06. The summed E-state index contributed by atoms with van der Waals surface area (Å²) in [7, 11) is 0. The summed E-state index contributed by atoms with van der Waals surface area (Å²) < 4.78 is 85.3. The third kappa shape index (κ3) is 6.12. The number of hydrogen-bond acceptors (Lipinski definition) is 4. The minimum Gasteiger partial charge on any atom is -0.372 e. The number of nitrogens with zero attached hydrogens (tertiary/aromatic N) is 2. The molecule has 1 saturated heterocycles. The number of rotatable bonds is 6. The summed E-state index contributed by atoms with van der Waals surface area (Å²) in [4.78, 5) is 16.0. The highest BCUT2D eigenvalue weighted by molar-refractivity contribution is 5.33. The van der Waals surface area contributed by atoms with Gasteiger partial charge in [0, 0.05) is 0 Å². The molecule has 4 rings (SSSR count). The number of aromatic amines is 2. The Labute approximate surface area is 195 Å². The van der Waals surface area contributed by atoms with E-state index in [4.69, 9.17) is 4.74 Å². The quantitative estimate of drug-likeness (QED) is 0.465. The van der Waals surface area contributed by atoms with Crippen molar-refractivity contribution in [3.8, 4) is 0 Å². The first-order valence-corrected chi connectivity index (χ1v) is 10.8. The third-order valence-electron chi connectivity index (χ3n) is 5.84. The van der Waals surface area contributed by atoms with Crippen LogP contribution in [-0.4, -0.2) is 32.7 Å². The van der Waals surface area contributed by atoms with Crippen molar-refractivity contribution in [2.75, 3.05) is 6.54 Å². The molecule has 0 radical (unpaired) electrons. The SMILES string of the molecule is O=c1[nH]nc(CN2CCC[C@@H](OCc3cc(C(F)(F)F)cc(C(F)(F)F)c3)[C@H]2c2ccccc2)[nH]1. The molecular formula is C23H22F6N4O2. The first kappa shape index (κ1) is 25.0. The normalized spacial score (nSPS) is 19.7. The van der Waals surface area contributed by atoms with Crippen LogP contribution < -0.4 is 5.69 Å². The van der Waals surface area contributed by atoms with Crippen LogP contribution in [0.25, 0.3) is 0 Å². The lowest BCUT2D eigenvalue weighted by Crippen LogP contribution is -2.42. The number of alkyl halides is 6. The highest BCUT2D eigenvalue weighted by Gasteiger charge is 2.38. The molecule has 12 heteroatoms. The van der Waals surface area contributed by atoms with E-state index in [1.165, 1.54) is 0 Å². The van der Waals surface area contributed by atoms with Crippen LogP contribution in [0.3, 0.4) is 0 Å². The monoisotopic (exact) mass is 500 g/mol. The van der Waals surface area contributed by atoms with Gasteiger partial charge in [0.15, 0.2) is 0 Å². The summed E-state index contributed by atoms with van der Waals surface area (Å²) in [6.07, 6.45) is -9.13. The Hall–Kier alpha value is -3.12. The molecule has 188 valence electrons. The fraction of sp³-hybridized carbons (Fsp3) is 0.391. The average Bonchev–Trinajstić information content (AvgIpc) is 3.21. The van der Waals surface area contributed by atoms with Crippen LogP contribution in [0, 0.1) is 0 Å². The molecule has 0 saturated carbocycles. The Morgan fingerprint density at radius 1 is 1.00 bits per heavy atom. The van der Waals surface area contributed by atoms with Crippen LogP contribution in [0.1, 0.15) is 47.0 Å². The summed E-state index contributed by atoms with van der Waals surface area (Å²) >= 11 is 0. The van der Waals surface area contributed by atoms with Gasteiger partial charge in [-0.3, -0.25) is 9.88 Å². The first-order chi connectivity index (χ1) is 16.5. The van der Waals surface area contributed by atoms with E-state index in [1.54, 1.807) is 0 Å². The van der Waals surface area contributed by atoms with Gasteiger partial charge in [-0.05, 0) is 48.7 Å². The van der Waals surface area contributed by atoms with Crippen LogP contribution in [0.2, 0.25) is 0 Å². The van der Waals surface area contributed by atoms with Gasteiger partial charge < -0.3 is 4.74 Å². The van der Waals surface area contributed by atoms with Gasteiger partial charge in [0.05, 0.1) is 36.4 Å². The third-order valence-corrected chi connectivity index (χ3v) is 5.84. The number of benzene rings is 2. The number of ether oxygens (including phenoxy) is 1. The Morgan fingerprint density at radius 2 is 1.66 bits per heavy atom. The van der Waals surface area contributed by atoms with Crippen LogP contribution in [0.5, 0.6) is 0 Å². The van der Waals surface area contributed by atoms with Crippen molar-refractivity contribution in [3.05, 3.63) is 87.1 Å². The molecule has 0 unspecified atom stereocenters. The van der Waals surface area contributed by atoms with Crippen molar-refractivity contribution < 1.29 is 31.1 Å². The van der Waals surface area contributed by atoms with Crippen LogP contribution in [-0.2, 0) is 30.2 Å². The lowest BCUT2D eigenvalue weighted by molar-refractivity contribution is -0.143. The highest BCUT2D eigenvalue weighted by Crippen LogP contribution is 2.38. The number of H-pyrrole nitrogens is 2. The minimum absolute atomic E-state index is 0.100. The van der Waals surface area contributed by atoms with E-state index < -0.39 is 41.9 Å². The zero-order valence-corrected chi connectivity index (χ0v) is 18.3. The van der Waals surface area contributed by atoms with E-state index in [1.807, 2.05) is 35.2 Å². The van der Waals surface area contributed by atoms with E-state index in [0.29, 0.717) is 37.3 Å². The van der Waals surface area contributed by atoms with Gasteiger partial charge in [0.1, 0.15) is 5.82 Å². The summed E-state index contributed by atoms with van der Waals surface area (Å²) in [6, 6.07) is 10.4. The van der Waals surface area contributed by atoms with Gasteiger partial charge in [-0.1, -0.05) is 30.3 Å². The number of aromatic nitrogens is 3. The smallest absolute Gasteiger partial charge is 0.372 e. The van der Waals surface area contributed by atoms with E-state index in [0.717, 1.165) is 5.56 Å². The Morgan fingerprint density at radius 3 is 2.23 bits per heavy atom. The van der Waals surface area contributed by atoms with Crippen molar-refractivity contribution in [2.24, 2.45) is 0 Å². The molecule has 2 atom stereocenters. The number of piperidine rings is 1. The molecule has 0 spiro atoms. The Kier molecular flexibility index (Phi) is 7.04. The lowest BCUT2D eigenvalue weighted by atomic mass is 9.92. The standard InChI is InChI=1S/C23H22F6N4O2/c24-22(25,26)16-9-14(10-17(11-16)23(27,28)29)13-35-18-7-4-8-33(12-19-30-21(34)32-31-19)20(18)15-5-2-1-3-6-15/h1-3,5-6,9-11,18,20H,4,7-8,12-13H2,(H2,30,31,32,34)/t18-,20-/m1/s1. The second-order valence-corrected chi connectivity index (χ2v) is 8.36. The number of likely N-dealkylation sites (tertiary alicyclic amines) is 1.